The van der Waals surface area contributed by atoms with E-state index in [4.69, 9.17) is 4.74 Å². The van der Waals surface area contributed by atoms with Crippen LogP contribution in [0, 0.1) is 5.92 Å². The van der Waals surface area contributed by atoms with Gasteiger partial charge in [0.2, 0.25) is 5.91 Å². The monoisotopic (exact) mass is 278 g/mol. The van der Waals surface area contributed by atoms with Gasteiger partial charge in [-0.3, -0.25) is 9.69 Å². The van der Waals surface area contributed by atoms with Crippen LogP contribution in [0.1, 0.15) is 24.7 Å². The summed E-state index contributed by atoms with van der Waals surface area (Å²) >= 11 is 0. The Morgan fingerprint density at radius 1 is 1.50 bits per heavy atom. The van der Waals surface area contributed by atoms with E-state index in [1.54, 1.807) is 6.20 Å². The number of hydrogen-bond acceptors (Lipinski definition) is 4. The van der Waals surface area contributed by atoms with Gasteiger partial charge in [-0.2, -0.15) is 0 Å². The Balaban J connectivity index is 1.67. The summed E-state index contributed by atoms with van der Waals surface area (Å²) in [6.45, 7) is 3.76. The number of nitrogens with zero attached hydrogens (tertiary/aromatic N) is 3. The van der Waals surface area contributed by atoms with Gasteiger partial charge >= 0.3 is 0 Å². The topological polar surface area (TPSA) is 61.5 Å². The van der Waals surface area contributed by atoms with Crippen LogP contribution in [-0.4, -0.2) is 65.6 Å². The van der Waals surface area contributed by atoms with Crippen molar-refractivity contribution in [2.75, 3.05) is 39.9 Å². The molecule has 2 saturated heterocycles. The zero-order valence-electron chi connectivity index (χ0n) is 11.9. The van der Waals surface area contributed by atoms with Gasteiger partial charge in [0.15, 0.2) is 0 Å². The van der Waals surface area contributed by atoms with Crippen LogP contribution < -0.4 is 0 Å². The SMILES string of the molecule is CN1CCN(C(=O)[C@H]2CCCOC2)C[C@H]1c1ncc[nH]1. The van der Waals surface area contributed by atoms with Gasteiger partial charge in [-0.25, -0.2) is 4.98 Å². The number of hydrogen-bond donors (Lipinski definition) is 1. The molecule has 3 rings (SSSR count). The number of rotatable bonds is 2. The van der Waals surface area contributed by atoms with E-state index >= 15 is 0 Å². The minimum atomic E-state index is 0.0457. The zero-order chi connectivity index (χ0) is 13.9. The highest BCUT2D eigenvalue weighted by atomic mass is 16.5. The number of amides is 1. The largest absolute Gasteiger partial charge is 0.381 e. The molecule has 2 fully saturated rings. The van der Waals surface area contributed by atoms with Crippen LogP contribution >= 0.6 is 0 Å². The van der Waals surface area contributed by atoms with E-state index in [1.165, 1.54) is 0 Å². The Hall–Kier alpha value is -1.40. The van der Waals surface area contributed by atoms with E-state index in [0.717, 1.165) is 38.4 Å². The molecule has 1 aromatic rings. The van der Waals surface area contributed by atoms with Gasteiger partial charge in [0.05, 0.1) is 18.6 Å². The second-order valence-corrected chi connectivity index (χ2v) is 5.67. The maximum absolute atomic E-state index is 12.6. The van der Waals surface area contributed by atoms with Crippen molar-refractivity contribution in [1.29, 1.82) is 0 Å². The maximum atomic E-state index is 12.6. The lowest BCUT2D eigenvalue weighted by Crippen LogP contribution is -2.51. The number of ether oxygens (including phenoxy) is 1. The quantitative estimate of drug-likeness (QED) is 0.863. The average molecular weight is 278 g/mol. The number of likely N-dealkylation sites (N-methyl/N-ethyl adjacent to an activating group) is 1. The molecule has 6 heteroatoms. The molecule has 1 aromatic heterocycles. The molecule has 6 nitrogen and oxygen atoms in total. The lowest BCUT2D eigenvalue weighted by molar-refractivity contribution is -0.142. The Kier molecular flexibility index (Phi) is 4.03. The molecule has 0 bridgehead atoms. The molecule has 2 aliphatic rings. The van der Waals surface area contributed by atoms with Crippen molar-refractivity contribution < 1.29 is 9.53 Å². The smallest absolute Gasteiger partial charge is 0.228 e. The molecule has 0 unspecified atom stereocenters. The Morgan fingerprint density at radius 2 is 2.40 bits per heavy atom. The summed E-state index contributed by atoms with van der Waals surface area (Å²) < 4.78 is 5.44. The Bertz CT molecular complexity index is 442. The van der Waals surface area contributed by atoms with Gasteiger partial charge in [0.25, 0.3) is 0 Å². The highest BCUT2D eigenvalue weighted by Crippen LogP contribution is 2.24. The number of carbonyl (C=O) groups is 1. The van der Waals surface area contributed by atoms with Crippen LogP contribution in [-0.2, 0) is 9.53 Å². The molecular weight excluding hydrogens is 256 g/mol. The number of piperazine rings is 1. The second kappa shape index (κ2) is 5.93. The third kappa shape index (κ3) is 2.71. The summed E-state index contributed by atoms with van der Waals surface area (Å²) in [5, 5.41) is 0. The van der Waals surface area contributed by atoms with Gasteiger partial charge in [0, 0.05) is 38.6 Å². The maximum Gasteiger partial charge on any atom is 0.228 e. The predicted molar refractivity (Wildman–Crippen MR) is 74.1 cm³/mol. The van der Waals surface area contributed by atoms with Crippen molar-refractivity contribution in [3.05, 3.63) is 18.2 Å². The predicted octanol–water partition coefficient (Wildman–Crippen LogP) is 0.651. The third-order valence-corrected chi connectivity index (χ3v) is 4.30. The molecule has 3 heterocycles. The van der Waals surface area contributed by atoms with Crippen molar-refractivity contribution in [3.63, 3.8) is 0 Å². The fourth-order valence-corrected chi connectivity index (χ4v) is 3.02. The highest BCUT2D eigenvalue weighted by molar-refractivity contribution is 5.79. The van der Waals surface area contributed by atoms with Gasteiger partial charge in [-0.15, -0.1) is 0 Å². The minimum Gasteiger partial charge on any atom is -0.381 e. The number of imidazole rings is 1. The molecule has 110 valence electrons. The Labute approximate surface area is 119 Å². The van der Waals surface area contributed by atoms with E-state index in [1.807, 2.05) is 11.1 Å². The Morgan fingerprint density at radius 3 is 3.10 bits per heavy atom. The van der Waals surface area contributed by atoms with Crippen molar-refractivity contribution >= 4 is 5.91 Å². The number of H-pyrrole nitrogens is 1. The third-order valence-electron chi connectivity index (χ3n) is 4.30. The number of nitrogens with one attached hydrogen (secondary N) is 1. The first-order valence-corrected chi connectivity index (χ1v) is 7.32. The molecule has 20 heavy (non-hydrogen) atoms. The van der Waals surface area contributed by atoms with Crippen LogP contribution in [0.4, 0.5) is 0 Å². The van der Waals surface area contributed by atoms with Crippen LogP contribution in [0.15, 0.2) is 12.4 Å². The average Bonchev–Trinajstić information content (AvgIpc) is 3.02. The second-order valence-electron chi connectivity index (χ2n) is 5.67. The minimum absolute atomic E-state index is 0.0457. The molecule has 2 atom stereocenters. The van der Waals surface area contributed by atoms with Crippen LogP contribution in [0.3, 0.4) is 0 Å². The standard InChI is InChI=1S/C14H22N4O2/c1-17-6-7-18(9-12(17)13-15-4-5-16-13)14(19)11-3-2-8-20-10-11/h4-5,11-12H,2-3,6-10H2,1H3,(H,15,16)/t11-,12-/m0/s1. The first-order valence-electron chi connectivity index (χ1n) is 7.32. The molecule has 0 aliphatic carbocycles. The first-order chi connectivity index (χ1) is 9.75. The molecule has 1 amide bonds. The van der Waals surface area contributed by atoms with Crippen LogP contribution in [0.2, 0.25) is 0 Å². The van der Waals surface area contributed by atoms with E-state index < -0.39 is 0 Å². The molecule has 0 radical (unpaired) electrons. The van der Waals surface area contributed by atoms with E-state index in [0.29, 0.717) is 13.2 Å². The summed E-state index contributed by atoms with van der Waals surface area (Å²) in [7, 11) is 2.08. The van der Waals surface area contributed by atoms with E-state index in [2.05, 4.69) is 21.9 Å². The molecule has 2 aliphatic heterocycles. The van der Waals surface area contributed by atoms with Crippen molar-refractivity contribution in [2.24, 2.45) is 5.92 Å². The number of aromatic amines is 1. The molecular formula is C14H22N4O2. The van der Waals surface area contributed by atoms with Gasteiger partial charge in [0.1, 0.15) is 5.82 Å². The lowest BCUT2D eigenvalue weighted by atomic mass is 9.99. The normalized spacial score (nSPS) is 28.6. The summed E-state index contributed by atoms with van der Waals surface area (Å²) in [5.41, 5.74) is 0. The summed E-state index contributed by atoms with van der Waals surface area (Å²) in [4.78, 5) is 24.3. The van der Waals surface area contributed by atoms with Gasteiger partial charge < -0.3 is 14.6 Å². The van der Waals surface area contributed by atoms with Crippen LogP contribution in [0.5, 0.6) is 0 Å². The fraction of sp³-hybridized carbons (Fsp3) is 0.714. The van der Waals surface area contributed by atoms with Crippen LogP contribution in [0.25, 0.3) is 0 Å². The number of carbonyl (C=O) groups excluding carboxylic acids is 1. The van der Waals surface area contributed by atoms with Crippen molar-refractivity contribution in [2.45, 2.75) is 18.9 Å². The lowest BCUT2D eigenvalue weighted by Gasteiger charge is -2.40. The molecule has 0 saturated carbocycles. The van der Waals surface area contributed by atoms with Crippen molar-refractivity contribution in [3.8, 4) is 0 Å². The van der Waals surface area contributed by atoms with E-state index in [9.17, 15) is 4.79 Å². The van der Waals surface area contributed by atoms with Gasteiger partial charge in [-0.1, -0.05) is 0 Å². The number of aromatic nitrogens is 2. The fourth-order valence-electron chi connectivity index (χ4n) is 3.02. The van der Waals surface area contributed by atoms with E-state index in [-0.39, 0.29) is 17.9 Å². The summed E-state index contributed by atoms with van der Waals surface area (Å²) in [5.74, 6) is 1.23. The molecule has 0 spiro atoms. The zero-order valence-corrected chi connectivity index (χ0v) is 11.9. The highest BCUT2D eigenvalue weighted by Gasteiger charge is 2.33. The van der Waals surface area contributed by atoms with Gasteiger partial charge in [-0.05, 0) is 19.9 Å². The summed E-state index contributed by atoms with van der Waals surface area (Å²) in [6, 6.07) is 0.159. The summed E-state index contributed by atoms with van der Waals surface area (Å²) in [6.07, 6.45) is 5.54. The molecule has 0 aromatic carbocycles. The first kappa shape index (κ1) is 13.6. The molecule has 1 N–H and O–H groups in total. The van der Waals surface area contributed by atoms with Crippen molar-refractivity contribution in [1.82, 2.24) is 19.8 Å².